The lowest BCUT2D eigenvalue weighted by Gasteiger charge is -2.20. The van der Waals surface area contributed by atoms with Crippen molar-refractivity contribution < 1.29 is 5.11 Å². The molecule has 0 bridgehead atoms. The predicted molar refractivity (Wildman–Crippen MR) is 92.4 cm³/mol. The van der Waals surface area contributed by atoms with Crippen molar-refractivity contribution in [1.82, 2.24) is 0 Å². The molecule has 2 nitrogen and oxygen atoms in total. The second kappa shape index (κ2) is 6.20. The van der Waals surface area contributed by atoms with E-state index in [0.29, 0.717) is 12.1 Å². The van der Waals surface area contributed by atoms with Gasteiger partial charge >= 0.3 is 0 Å². The zero-order chi connectivity index (χ0) is 15.6. The number of aliphatic hydroxyl groups excluding tert-OH is 1. The van der Waals surface area contributed by atoms with Crippen LogP contribution in [-0.2, 0) is 11.8 Å². The number of hydrogen-bond donors (Lipinski definition) is 2. The normalized spacial score (nSPS) is 13.2. The van der Waals surface area contributed by atoms with Gasteiger partial charge in [-0.1, -0.05) is 61.0 Å². The van der Waals surface area contributed by atoms with Crippen molar-refractivity contribution in [1.29, 1.82) is 0 Å². The molecule has 0 aromatic heterocycles. The van der Waals surface area contributed by atoms with E-state index >= 15 is 0 Å². The lowest BCUT2D eigenvalue weighted by molar-refractivity contribution is 0.179. The zero-order valence-electron chi connectivity index (χ0n) is 12.7. The van der Waals surface area contributed by atoms with Crippen LogP contribution >= 0.6 is 15.9 Å². The monoisotopic (exact) mass is 347 g/mol. The molecule has 2 aromatic rings. The van der Waals surface area contributed by atoms with Gasteiger partial charge in [0.2, 0.25) is 0 Å². The van der Waals surface area contributed by atoms with Crippen LogP contribution in [0.25, 0.3) is 0 Å². The average molecular weight is 348 g/mol. The molecule has 21 heavy (non-hydrogen) atoms. The third-order valence-corrected chi connectivity index (χ3v) is 4.15. The van der Waals surface area contributed by atoms with Gasteiger partial charge in [-0.3, -0.25) is 0 Å². The number of halogens is 1. The van der Waals surface area contributed by atoms with Crippen molar-refractivity contribution in [3.8, 4) is 0 Å². The molecule has 0 radical (unpaired) electrons. The summed E-state index contributed by atoms with van der Waals surface area (Å²) in [5.74, 6) is 0. The van der Waals surface area contributed by atoms with E-state index in [9.17, 15) is 5.11 Å². The fourth-order valence-corrected chi connectivity index (χ4v) is 2.69. The zero-order valence-corrected chi connectivity index (χ0v) is 14.3. The maximum atomic E-state index is 10.4. The number of nitrogen functional groups attached to an aromatic ring is 1. The summed E-state index contributed by atoms with van der Waals surface area (Å²) in [7, 11) is 0. The van der Waals surface area contributed by atoms with Crippen LogP contribution in [0.1, 0.15) is 43.6 Å². The number of nitrogens with two attached hydrogens (primary N) is 1. The first kappa shape index (κ1) is 16.1. The molecule has 1 atom stereocenters. The summed E-state index contributed by atoms with van der Waals surface area (Å²) >= 11 is 3.41. The van der Waals surface area contributed by atoms with Gasteiger partial charge in [-0.05, 0) is 34.7 Å². The van der Waals surface area contributed by atoms with Crippen LogP contribution in [0.2, 0.25) is 0 Å². The predicted octanol–water partition coefficient (Wildman–Crippen LogP) is 4.60. The molecular weight excluding hydrogens is 326 g/mol. The molecule has 0 saturated carbocycles. The highest BCUT2D eigenvalue weighted by atomic mass is 79.9. The minimum Gasteiger partial charge on any atom is -0.398 e. The molecule has 0 aliphatic carbocycles. The maximum absolute atomic E-state index is 10.4. The van der Waals surface area contributed by atoms with Crippen LogP contribution in [0.4, 0.5) is 5.69 Å². The fourth-order valence-electron chi connectivity index (χ4n) is 2.31. The van der Waals surface area contributed by atoms with Crippen molar-refractivity contribution >= 4 is 21.6 Å². The lowest BCUT2D eigenvalue weighted by atomic mass is 9.86. The van der Waals surface area contributed by atoms with Gasteiger partial charge in [-0.25, -0.2) is 0 Å². The van der Waals surface area contributed by atoms with E-state index in [4.69, 9.17) is 5.73 Å². The highest BCUT2D eigenvalue weighted by molar-refractivity contribution is 9.10. The van der Waals surface area contributed by atoms with Crippen molar-refractivity contribution in [3.63, 3.8) is 0 Å². The molecule has 0 aliphatic rings. The summed E-state index contributed by atoms with van der Waals surface area (Å²) in [6, 6.07) is 14.0. The van der Waals surface area contributed by atoms with Gasteiger partial charge in [0, 0.05) is 22.1 Å². The number of rotatable bonds is 3. The molecule has 0 heterocycles. The molecule has 0 saturated heterocycles. The summed E-state index contributed by atoms with van der Waals surface area (Å²) in [5.41, 5.74) is 9.88. The minimum absolute atomic E-state index is 0.145. The standard InChI is InChI=1S/C18H22BrNO/c1-18(2,3)13-6-4-12(5-7-13)10-17(21)15-11-14(19)8-9-16(15)20/h4-9,11,17,21H,10,20H2,1-3H3. The van der Waals surface area contributed by atoms with Crippen LogP contribution < -0.4 is 5.73 Å². The van der Waals surface area contributed by atoms with Crippen LogP contribution in [0, 0.1) is 0 Å². The summed E-state index contributed by atoms with van der Waals surface area (Å²) in [6.07, 6.45) is -0.0339. The Hall–Kier alpha value is -1.32. The molecule has 0 spiro atoms. The fraction of sp³-hybridized carbons (Fsp3) is 0.333. The number of benzene rings is 2. The summed E-state index contributed by atoms with van der Waals surface area (Å²) in [5, 5.41) is 10.4. The van der Waals surface area contributed by atoms with Gasteiger partial charge in [-0.2, -0.15) is 0 Å². The van der Waals surface area contributed by atoms with Crippen molar-refractivity contribution in [2.24, 2.45) is 0 Å². The molecule has 112 valence electrons. The molecule has 0 fully saturated rings. The van der Waals surface area contributed by atoms with Crippen molar-refractivity contribution in [2.75, 3.05) is 5.73 Å². The molecule has 0 aliphatic heterocycles. The first-order valence-electron chi connectivity index (χ1n) is 7.10. The lowest BCUT2D eigenvalue weighted by Crippen LogP contribution is -2.11. The van der Waals surface area contributed by atoms with Crippen LogP contribution in [0.15, 0.2) is 46.9 Å². The van der Waals surface area contributed by atoms with E-state index in [0.717, 1.165) is 15.6 Å². The Kier molecular flexibility index (Phi) is 4.74. The first-order chi connectivity index (χ1) is 9.77. The topological polar surface area (TPSA) is 46.2 Å². The Morgan fingerprint density at radius 1 is 1.10 bits per heavy atom. The number of hydrogen-bond acceptors (Lipinski definition) is 2. The highest BCUT2D eigenvalue weighted by Crippen LogP contribution is 2.28. The SMILES string of the molecule is CC(C)(C)c1ccc(CC(O)c2cc(Br)ccc2N)cc1. The summed E-state index contributed by atoms with van der Waals surface area (Å²) < 4.78 is 0.925. The molecule has 2 rings (SSSR count). The quantitative estimate of drug-likeness (QED) is 0.796. The van der Waals surface area contributed by atoms with Gasteiger partial charge in [0.05, 0.1) is 6.10 Å². The van der Waals surface area contributed by atoms with Gasteiger partial charge in [0.15, 0.2) is 0 Å². The minimum atomic E-state index is -0.594. The number of aliphatic hydroxyl groups is 1. The molecule has 2 aromatic carbocycles. The van der Waals surface area contributed by atoms with Gasteiger partial charge in [-0.15, -0.1) is 0 Å². The summed E-state index contributed by atoms with van der Waals surface area (Å²) in [6.45, 7) is 6.58. The van der Waals surface area contributed by atoms with Crippen molar-refractivity contribution in [3.05, 3.63) is 63.6 Å². The molecular formula is C18H22BrNO. The highest BCUT2D eigenvalue weighted by Gasteiger charge is 2.15. The Balaban J connectivity index is 2.16. The van der Waals surface area contributed by atoms with E-state index in [2.05, 4.69) is 61.0 Å². The molecule has 0 amide bonds. The Morgan fingerprint density at radius 2 is 1.71 bits per heavy atom. The molecule has 1 unspecified atom stereocenters. The second-order valence-electron chi connectivity index (χ2n) is 6.44. The van der Waals surface area contributed by atoms with Gasteiger partial charge in [0.1, 0.15) is 0 Å². The van der Waals surface area contributed by atoms with Crippen LogP contribution in [0.3, 0.4) is 0 Å². The third kappa shape index (κ3) is 4.08. The Labute approximate surface area is 135 Å². The number of anilines is 1. The smallest absolute Gasteiger partial charge is 0.0850 e. The van der Waals surface area contributed by atoms with E-state index in [-0.39, 0.29) is 5.41 Å². The van der Waals surface area contributed by atoms with Crippen LogP contribution in [0.5, 0.6) is 0 Å². The summed E-state index contributed by atoms with van der Waals surface area (Å²) in [4.78, 5) is 0. The average Bonchev–Trinajstić information content (AvgIpc) is 2.41. The molecule has 3 N–H and O–H groups in total. The van der Waals surface area contributed by atoms with Crippen molar-refractivity contribution in [2.45, 2.75) is 38.7 Å². The van der Waals surface area contributed by atoms with E-state index in [1.807, 2.05) is 18.2 Å². The van der Waals surface area contributed by atoms with Crippen LogP contribution in [-0.4, -0.2) is 5.11 Å². The van der Waals surface area contributed by atoms with E-state index in [1.165, 1.54) is 5.56 Å². The third-order valence-electron chi connectivity index (χ3n) is 3.66. The molecule has 3 heteroatoms. The Morgan fingerprint density at radius 3 is 2.29 bits per heavy atom. The van der Waals surface area contributed by atoms with E-state index < -0.39 is 6.10 Å². The maximum Gasteiger partial charge on any atom is 0.0850 e. The van der Waals surface area contributed by atoms with Gasteiger partial charge in [0.25, 0.3) is 0 Å². The Bertz CT molecular complexity index is 614. The second-order valence-corrected chi connectivity index (χ2v) is 7.36. The van der Waals surface area contributed by atoms with E-state index in [1.54, 1.807) is 0 Å². The first-order valence-corrected chi connectivity index (χ1v) is 7.89. The largest absolute Gasteiger partial charge is 0.398 e. The van der Waals surface area contributed by atoms with Gasteiger partial charge < -0.3 is 10.8 Å².